The van der Waals surface area contributed by atoms with Crippen LogP contribution in [0.3, 0.4) is 0 Å². The number of ether oxygens (including phenoxy) is 1. The minimum Gasteiger partial charge on any atom is -0.477 e. The van der Waals surface area contributed by atoms with Crippen LogP contribution >= 0.6 is 11.6 Å². The molecule has 32 heavy (non-hydrogen) atoms. The smallest absolute Gasteiger partial charge is 0.270 e. The third kappa shape index (κ3) is 6.91. The van der Waals surface area contributed by atoms with E-state index in [0.717, 1.165) is 24.5 Å². The maximum atomic E-state index is 12.8. The Morgan fingerprint density at radius 1 is 1.28 bits per heavy atom. The number of benzene rings is 1. The molecule has 2 rings (SSSR count). The summed E-state index contributed by atoms with van der Waals surface area (Å²) < 4.78 is 5.69. The molecule has 2 N–H and O–H groups in total. The number of hydrogen-bond donors (Lipinski definition) is 2. The predicted molar refractivity (Wildman–Crippen MR) is 121 cm³/mol. The number of rotatable bonds is 11. The van der Waals surface area contributed by atoms with Crippen molar-refractivity contribution in [2.24, 2.45) is 5.92 Å². The summed E-state index contributed by atoms with van der Waals surface area (Å²) in [5.74, 6) is -0.729. The van der Waals surface area contributed by atoms with Crippen molar-refractivity contribution in [3.63, 3.8) is 0 Å². The molecule has 0 spiro atoms. The van der Waals surface area contributed by atoms with Crippen LogP contribution in [0.2, 0.25) is 5.02 Å². The SMILES string of the molecule is CCCCOc1ncccc1CNC(=O)C(NC(=O)c1ccc([N+](=O)[O-])cc1Cl)C(C)C. The zero-order chi connectivity index (χ0) is 23.7. The first-order valence-electron chi connectivity index (χ1n) is 10.3. The molecule has 9 nitrogen and oxygen atoms in total. The molecule has 10 heteroatoms. The number of aromatic nitrogens is 1. The Bertz CT molecular complexity index is 967. The number of nitro groups is 1. The van der Waals surface area contributed by atoms with E-state index in [2.05, 4.69) is 22.5 Å². The highest BCUT2D eigenvalue weighted by atomic mass is 35.5. The molecular weight excluding hydrogens is 436 g/mol. The van der Waals surface area contributed by atoms with Gasteiger partial charge in [-0.2, -0.15) is 0 Å². The average Bonchev–Trinajstić information content (AvgIpc) is 2.76. The molecule has 172 valence electrons. The van der Waals surface area contributed by atoms with Crippen LogP contribution < -0.4 is 15.4 Å². The van der Waals surface area contributed by atoms with E-state index in [1.807, 2.05) is 6.07 Å². The first-order chi connectivity index (χ1) is 15.2. The predicted octanol–water partition coefficient (Wildman–Crippen LogP) is 3.89. The van der Waals surface area contributed by atoms with Crippen molar-refractivity contribution in [3.8, 4) is 5.88 Å². The lowest BCUT2D eigenvalue weighted by Gasteiger charge is -2.22. The Hall–Kier alpha value is -3.20. The van der Waals surface area contributed by atoms with Gasteiger partial charge in [0.15, 0.2) is 0 Å². The second-order valence-corrected chi connectivity index (χ2v) is 7.91. The summed E-state index contributed by atoms with van der Waals surface area (Å²) in [6.45, 7) is 6.38. The largest absolute Gasteiger partial charge is 0.477 e. The van der Waals surface area contributed by atoms with Crippen LogP contribution in [0.4, 0.5) is 5.69 Å². The van der Waals surface area contributed by atoms with Gasteiger partial charge in [-0.15, -0.1) is 0 Å². The van der Waals surface area contributed by atoms with Gasteiger partial charge < -0.3 is 15.4 Å². The fourth-order valence-electron chi connectivity index (χ4n) is 2.85. The molecular formula is C22H27ClN4O5. The van der Waals surface area contributed by atoms with E-state index in [9.17, 15) is 19.7 Å². The number of pyridine rings is 1. The molecule has 0 fully saturated rings. The van der Waals surface area contributed by atoms with Crippen molar-refractivity contribution in [2.75, 3.05) is 6.61 Å². The van der Waals surface area contributed by atoms with E-state index < -0.39 is 16.9 Å². The third-order valence-corrected chi connectivity index (χ3v) is 5.00. The lowest BCUT2D eigenvalue weighted by atomic mass is 10.0. The molecule has 1 atom stereocenters. The van der Waals surface area contributed by atoms with Crippen molar-refractivity contribution in [3.05, 3.63) is 62.8 Å². The fraction of sp³-hybridized carbons (Fsp3) is 0.409. The monoisotopic (exact) mass is 462 g/mol. The van der Waals surface area contributed by atoms with Gasteiger partial charge in [0.2, 0.25) is 11.8 Å². The Morgan fingerprint density at radius 2 is 2.03 bits per heavy atom. The van der Waals surface area contributed by atoms with E-state index in [-0.39, 0.29) is 34.6 Å². The van der Waals surface area contributed by atoms with Gasteiger partial charge in [0, 0.05) is 30.4 Å². The summed E-state index contributed by atoms with van der Waals surface area (Å²) in [5.41, 5.74) is 0.553. The number of amides is 2. The molecule has 1 aromatic carbocycles. The topological polar surface area (TPSA) is 123 Å². The number of hydrogen-bond acceptors (Lipinski definition) is 6. The maximum absolute atomic E-state index is 12.8. The summed E-state index contributed by atoms with van der Waals surface area (Å²) in [6, 6.07) is 6.29. The molecule has 0 saturated carbocycles. The maximum Gasteiger partial charge on any atom is 0.270 e. The van der Waals surface area contributed by atoms with Gasteiger partial charge in [0.25, 0.3) is 11.6 Å². The lowest BCUT2D eigenvalue weighted by Crippen LogP contribution is -2.49. The number of carbonyl (C=O) groups excluding carboxylic acids is 2. The number of unbranched alkanes of at least 4 members (excludes halogenated alkanes) is 1. The highest BCUT2D eigenvalue weighted by Gasteiger charge is 2.26. The number of nitrogens with zero attached hydrogens (tertiary/aromatic N) is 2. The molecule has 2 aromatic rings. The van der Waals surface area contributed by atoms with E-state index in [0.29, 0.717) is 12.5 Å². The van der Waals surface area contributed by atoms with Gasteiger partial charge in [0.1, 0.15) is 6.04 Å². The van der Waals surface area contributed by atoms with E-state index in [1.54, 1.807) is 26.1 Å². The number of non-ortho nitro benzene ring substituents is 1. The van der Waals surface area contributed by atoms with Gasteiger partial charge in [-0.05, 0) is 24.5 Å². The average molecular weight is 463 g/mol. The second-order valence-electron chi connectivity index (χ2n) is 7.50. The Kier molecular flexibility index (Phi) is 9.39. The number of carbonyl (C=O) groups is 2. The zero-order valence-electron chi connectivity index (χ0n) is 18.3. The Balaban J connectivity index is 2.06. The molecule has 1 unspecified atom stereocenters. The quantitative estimate of drug-likeness (QED) is 0.296. The van der Waals surface area contributed by atoms with Crippen LogP contribution in [0, 0.1) is 16.0 Å². The zero-order valence-corrected chi connectivity index (χ0v) is 19.0. The van der Waals surface area contributed by atoms with Crippen molar-refractivity contribution in [2.45, 2.75) is 46.2 Å². The molecule has 0 aliphatic heterocycles. The van der Waals surface area contributed by atoms with Crippen LogP contribution in [-0.2, 0) is 11.3 Å². The number of nitrogens with one attached hydrogen (secondary N) is 2. The second kappa shape index (κ2) is 12.0. The third-order valence-electron chi connectivity index (χ3n) is 4.68. The van der Waals surface area contributed by atoms with Crippen molar-refractivity contribution < 1.29 is 19.2 Å². The highest BCUT2D eigenvalue weighted by molar-refractivity contribution is 6.34. The van der Waals surface area contributed by atoms with Crippen LogP contribution in [0.15, 0.2) is 36.5 Å². The van der Waals surface area contributed by atoms with Crippen LogP contribution in [0.5, 0.6) is 5.88 Å². The summed E-state index contributed by atoms with van der Waals surface area (Å²) in [6.07, 6.45) is 3.51. The molecule has 1 aromatic heterocycles. The Morgan fingerprint density at radius 3 is 2.66 bits per heavy atom. The fourth-order valence-corrected chi connectivity index (χ4v) is 3.11. The molecule has 2 amide bonds. The first kappa shape index (κ1) is 25.1. The molecule has 1 heterocycles. The van der Waals surface area contributed by atoms with E-state index in [4.69, 9.17) is 16.3 Å². The van der Waals surface area contributed by atoms with Crippen molar-refractivity contribution in [1.29, 1.82) is 0 Å². The minimum absolute atomic E-state index is 0.0505. The molecule has 0 aliphatic rings. The van der Waals surface area contributed by atoms with Crippen LogP contribution in [0.1, 0.15) is 49.5 Å². The summed E-state index contributed by atoms with van der Waals surface area (Å²) >= 11 is 6.03. The minimum atomic E-state index is -0.838. The number of halogens is 1. The van der Waals surface area contributed by atoms with Gasteiger partial charge in [-0.1, -0.05) is 44.9 Å². The van der Waals surface area contributed by atoms with Gasteiger partial charge in [0.05, 0.1) is 22.1 Å². The van der Waals surface area contributed by atoms with Gasteiger partial charge in [-0.25, -0.2) is 4.98 Å². The van der Waals surface area contributed by atoms with E-state index >= 15 is 0 Å². The van der Waals surface area contributed by atoms with E-state index in [1.165, 1.54) is 12.1 Å². The summed E-state index contributed by atoms with van der Waals surface area (Å²) in [7, 11) is 0. The van der Waals surface area contributed by atoms with Crippen molar-refractivity contribution in [1.82, 2.24) is 15.6 Å². The summed E-state index contributed by atoms with van der Waals surface area (Å²) in [5, 5.41) is 16.3. The summed E-state index contributed by atoms with van der Waals surface area (Å²) in [4.78, 5) is 40.0. The van der Waals surface area contributed by atoms with Gasteiger partial charge >= 0.3 is 0 Å². The molecule has 0 saturated heterocycles. The van der Waals surface area contributed by atoms with Crippen molar-refractivity contribution >= 4 is 29.1 Å². The molecule has 0 radical (unpaired) electrons. The van der Waals surface area contributed by atoms with Gasteiger partial charge in [-0.3, -0.25) is 19.7 Å². The standard InChI is InChI=1S/C22H27ClN4O5/c1-4-5-11-32-22-15(7-6-10-24-22)13-25-21(29)19(14(2)3)26-20(28)17-9-8-16(27(30)31)12-18(17)23/h6-10,12,14,19H,4-5,11,13H2,1-3H3,(H,25,29)(H,26,28). The molecule has 0 bridgehead atoms. The van der Waals surface area contributed by atoms with Crippen LogP contribution in [0.25, 0.3) is 0 Å². The first-order valence-corrected chi connectivity index (χ1v) is 10.7. The normalized spacial score (nSPS) is 11.7. The Labute approximate surface area is 191 Å². The molecule has 0 aliphatic carbocycles. The number of nitro benzene ring substituents is 1. The lowest BCUT2D eigenvalue weighted by molar-refractivity contribution is -0.384. The van der Waals surface area contributed by atoms with Crippen LogP contribution in [-0.4, -0.2) is 34.4 Å². The highest BCUT2D eigenvalue weighted by Crippen LogP contribution is 2.23.